The predicted molar refractivity (Wildman–Crippen MR) is 78.1 cm³/mol. The molecule has 19 heavy (non-hydrogen) atoms. The molecule has 1 aromatic rings. The van der Waals surface area contributed by atoms with Crippen molar-refractivity contribution in [1.29, 1.82) is 0 Å². The Kier molecular flexibility index (Phi) is 4.25. The molecule has 104 valence electrons. The van der Waals surface area contributed by atoms with Crippen molar-refractivity contribution in [2.24, 2.45) is 5.92 Å². The van der Waals surface area contributed by atoms with E-state index in [9.17, 15) is 4.79 Å². The quantitative estimate of drug-likeness (QED) is 0.903. The topological polar surface area (TPSA) is 32.3 Å². The molecule has 3 heteroatoms. The van der Waals surface area contributed by atoms with E-state index >= 15 is 0 Å². The van der Waals surface area contributed by atoms with Crippen LogP contribution in [-0.4, -0.2) is 30.9 Å². The first-order chi connectivity index (χ1) is 8.99. The summed E-state index contributed by atoms with van der Waals surface area (Å²) >= 11 is 0. The monoisotopic (exact) mass is 260 g/mol. The van der Waals surface area contributed by atoms with Gasteiger partial charge in [-0.05, 0) is 50.4 Å². The Balaban J connectivity index is 2.10. The molecule has 0 aromatic heterocycles. The number of nitrogens with zero attached hydrogens (tertiary/aromatic N) is 1. The van der Waals surface area contributed by atoms with Gasteiger partial charge in [-0.3, -0.25) is 4.79 Å². The normalized spacial score (nSPS) is 18.6. The van der Waals surface area contributed by atoms with E-state index in [1.54, 1.807) is 0 Å². The maximum atomic E-state index is 12.3. The molecule has 0 spiro atoms. The maximum Gasteiger partial charge on any atom is 0.227 e. The van der Waals surface area contributed by atoms with E-state index in [0.29, 0.717) is 6.54 Å². The van der Waals surface area contributed by atoms with Crippen molar-refractivity contribution < 1.29 is 4.79 Å². The van der Waals surface area contributed by atoms with Crippen molar-refractivity contribution in [3.8, 4) is 0 Å². The molecule has 0 saturated carbocycles. The Labute approximate surface area is 116 Å². The highest BCUT2D eigenvalue weighted by Crippen LogP contribution is 2.19. The van der Waals surface area contributed by atoms with Gasteiger partial charge < -0.3 is 10.2 Å². The number of hydrogen-bond acceptors (Lipinski definition) is 2. The molecule has 1 N–H and O–H groups in total. The standard InChI is InChI=1S/C16H24N2O/c1-11-7-12(2)15(13(3)8-11)10-18(4)16(19)14-5-6-17-9-14/h7-8,14,17H,5-6,9-10H2,1-4H3. The minimum Gasteiger partial charge on any atom is -0.341 e. The maximum absolute atomic E-state index is 12.3. The average molecular weight is 260 g/mol. The number of carbonyl (C=O) groups is 1. The van der Waals surface area contributed by atoms with Crippen LogP contribution in [0.3, 0.4) is 0 Å². The summed E-state index contributed by atoms with van der Waals surface area (Å²) in [7, 11) is 1.92. The summed E-state index contributed by atoms with van der Waals surface area (Å²) in [6, 6.07) is 4.38. The van der Waals surface area contributed by atoms with Gasteiger partial charge in [-0.1, -0.05) is 17.7 Å². The van der Waals surface area contributed by atoms with Crippen LogP contribution in [0.1, 0.15) is 28.7 Å². The zero-order valence-corrected chi connectivity index (χ0v) is 12.4. The van der Waals surface area contributed by atoms with Gasteiger partial charge in [0.15, 0.2) is 0 Å². The van der Waals surface area contributed by atoms with E-state index in [0.717, 1.165) is 19.5 Å². The first-order valence-electron chi connectivity index (χ1n) is 7.01. The lowest BCUT2D eigenvalue weighted by atomic mass is 9.99. The number of amides is 1. The summed E-state index contributed by atoms with van der Waals surface area (Å²) in [6.45, 7) is 8.88. The van der Waals surface area contributed by atoms with Gasteiger partial charge >= 0.3 is 0 Å². The van der Waals surface area contributed by atoms with Crippen LogP contribution < -0.4 is 5.32 Å². The lowest BCUT2D eigenvalue weighted by molar-refractivity contribution is -0.134. The lowest BCUT2D eigenvalue weighted by Crippen LogP contribution is -2.34. The van der Waals surface area contributed by atoms with Crippen molar-refractivity contribution in [3.05, 3.63) is 34.4 Å². The number of rotatable bonds is 3. The number of hydrogen-bond donors (Lipinski definition) is 1. The summed E-state index contributed by atoms with van der Waals surface area (Å²) < 4.78 is 0. The van der Waals surface area contributed by atoms with E-state index in [4.69, 9.17) is 0 Å². The van der Waals surface area contributed by atoms with Gasteiger partial charge in [-0.2, -0.15) is 0 Å². The third-order valence-electron chi connectivity index (χ3n) is 4.02. The second-order valence-corrected chi connectivity index (χ2v) is 5.76. The van der Waals surface area contributed by atoms with E-state index in [1.165, 1.54) is 22.3 Å². The van der Waals surface area contributed by atoms with Crippen LogP contribution in [0.5, 0.6) is 0 Å². The minimum atomic E-state index is 0.163. The van der Waals surface area contributed by atoms with Crippen LogP contribution >= 0.6 is 0 Å². The highest BCUT2D eigenvalue weighted by atomic mass is 16.2. The highest BCUT2D eigenvalue weighted by molar-refractivity contribution is 5.79. The smallest absolute Gasteiger partial charge is 0.227 e. The van der Waals surface area contributed by atoms with Gasteiger partial charge in [0.25, 0.3) is 0 Å². The summed E-state index contributed by atoms with van der Waals surface area (Å²) in [5.74, 6) is 0.431. The van der Waals surface area contributed by atoms with Crippen molar-refractivity contribution in [2.45, 2.75) is 33.7 Å². The van der Waals surface area contributed by atoms with Crippen molar-refractivity contribution >= 4 is 5.91 Å². The van der Waals surface area contributed by atoms with Gasteiger partial charge in [0, 0.05) is 20.1 Å². The van der Waals surface area contributed by atoms with Crippen LogP contribution in [0.2, 0.25) is 0 Å². The Bertz CT molecular complexity index is 453. The number of aryl methyl sites for hydroxylation is 3. The van der Waals surface area contributed by atoms with E-state index in [1.807, 2.05) is 11.9 Å². The van der Waals surface area contributed by atoms with Crippen LogP contribution in [0, 0.1) is 26.7 Å². The molecule has 1 amide bonds. The molecule has 0 aliphatic carbocycles. The van der Waals surface area contributed by atoms with Gasteiger partial charge in [-0.25, -0.2) is 0 Å². The molecule has 2 rings (SSSR count). The molecule has 0 radical (unpaired) electrons. The molecule has 0 bridgehead atoms. The SMILES string of the molecule is Cc1cc(C)c(CN(C)C(=O)C2CCNC2)c(C)c1. The van der Waals surface area contributed by atoms with Crippen molar-refractivity contribution in [1.82, 2.24) is 10.2 Å². The highest BCUT2D eigenvalue weighted by Gasteiger charge is 2.25. The fourth-order valence-corrected chi connectivity index (χ4v) is 2.95. The van der Waals surface area contributed by atoms with Gasteiger partial charge in [0.05, 0.1) is 5.92 Å². The zero-order valence-electron chi connectivity index (χ0n) is 12.4. The first kappa shape index (κ1) is 14.1. The van der Waals surface area contributed by atoms with Crippen LogP contribution in [-0.2, 0) is 11.3 Å². The Morgan fingerprint density at radius 2 is 1.95 bits per heavy atom. The average Bonchev–Trinajstić information content (AvgIpc) is 2.86. The Morgan fingerprint density at radius 1 is 1.32 bits per heavy atom. The Hall–Kier alpha value is -1.35. The molecular weight excluding hydrogens is 236 g/mol. The molecule has 1 fully saturated rings. The zero-order chi connectivity index (χ0) is 14.0. The Morgan fingerprint density at radius 3 is 2.47 bits per heavy atom. The van der Waals surface area contributed by atoms with Crippen LogP contribution in [0.4, 0.5) is 0 Å². The van der Waals surface area contributed by atoms with E-state index < -0.39 is 0 Å². The van der Waals surface area contributed by atoms with Crippen LogP contribution in [0.25, 0.3) is 0 Å². The molecule has 3 nitrogen and oxygen atoms in total. The summed E-state index contributed by atoms with van der Waals surface area (Å²) in [5, 5.41) is 3.25. The molecule has 1 aliphatic heterocycles. The fourth-order valence-electron chi connectivity index (χ4n) is 2.95. The molecule has 1 heterocycles. The second-order valence-electron chi connectivity index (χ2n) is 5.76. The molecule has 1 saturated heterocycles. The van der Waals surface area contributed by atoms with Crippen LogP contribution in [0.15, 0.2) is 12.1 Å². The van der Waals surface area contributed by atoms with Gasteiger partial charge in [0.1, 0.15) is 0 Å². The fraction of sp³-hybridized carbons (Fsp3) is 0.562. The van der Waals surface area contributed by atoms with E-state index in [-0.39, 0.29) is 11.8 Å². The van der Waals surface area contributed by atoms with Gasteiger partial charge in [0.2, 0.25) is 5.91 Å². The number of nitrogens with one attached hydrogen (secondary N) is 1. The van der Waals surface area contributed by atoms with Crippen molar-refractivity contribution in [3.63, 3.8) is 0 Å². The van der Waals surface area contributed by atoms with E-state index in [2.05, 4.69) is 38.2 Å². The molecule has 1 atom stereocenters. The number of carbonyl (C=O) groups excluding carboxylic acids is 1. The lowest BCUT2D eigenvalue weighted by Gasteiger charge is -2.23. The summed E-state index contributed by atoms with van der Waals surface area (Å²) in [6.07, 6.45) is 0.967. The molecule has 1 unspecified atom stereocenters. The summed E-state index contributed by atoms with van der Waals surface area (Å²) in [4.78, 5) is 14.2. The second kappa shape index (κ2) is 5.74. The molecule has 1 aliphatic rings. The first-order valence-corrected chi connectivity index (χ1v) is 7.01. The van der Waals surface area contributed by atoms with Gasteiger partial charge in [-0.15, -0.1) is 0 Å². The molecular formula is C16H24N2O. The largest absolute Gasteiger partial charge is 0.341 e. The third-order valence-corrected chi connectivity index (χ3v) is 4.02. The predicted octanol–water partition coefficient (Wildman–Crippen LogP) is 2.18. The minimum absolute atomic E-state index is 0.163. The molecule has 1 aromatic carbocycles. The third kappa shape index (κ3) is 3.16. The number of benzene rings is 1. The van der Waals surface area contributed by atoms with Crippen molar-refractivity contribution in [2.75, 3.05) is 20.1 Å². The summed E-state index contributed by atoms with van der Waals surface area (Å²) in [5.41, 5.74) is 5.13.